The van der Waals surface area contributed by atoms with Gasteiger partial charge in [-0.25, -0.2) is 0 Å². The number of hydrogen-bond acceptors (Lipinski definition) is 3. The lowest BCUT2D eigenvalue weighted by molar-refractivity contribution is 0.590. The third kappa shape index (κ3) is 6.40. The molecule has 0 radical (unpaired) electrons. The Kier molecular flexibility index (Phi) is 8.90. The fraction of sp³-hybridized carbons (Fsp3) is 0.267. The Hall–Kier alpha value is -6.46. The van der Waals surface area contributed by atoms with Crippen molar-refractivity contribution in [2.45, 2.75) is 105 Å². The molecule has 0 unspecified atom stereocenters. The number of hydrogen-bond donors (Lipinski definition) is 0. The molecule has 0 bridgehead atoms. The number of fused-ring (bicyclic) bond motifs is 9. The maximum atomic E-state index is 7.42. The summed E-state index contributed by atoms with van der Waals surface area (Å²) in [6.07, 6.45) is 0. The SMILES string of the molecule is CC(C)(C)c1ccc(N2c3cc(C(C)(C)C)cc4c3B(c3oc5ccc(C(C)(C)C)cc5c32)n2c3ccc(C(C)(C)C)cc3c3c(N(c5ccccc5)c5ccccc5)ccc-4c32)cc1. The standard InChI is InChI=1S/C60H60BN3O/c1-57(2,3)37-23-27-43(28-24-37)63-50-36-40(60(10,11)12)35-45-44-29-31-49(62(41-19-15-13-16-20-41)42-21-17-14-18-22-42)52-46-33-38(58(4,5)6)25-30-48(46)64(54(44)52)61(53(45)50)56-55(63)47-34-39(59(7,8)9)26-32-51(47)65-56/h13-36H,1-12H3. The van der Waals surface area contributed by atoms with Crippen LogP contribution in [0.4, 0.5) is 34.1 Å². The van der Waals surface area contributed by atoms with Gasteiger partial charge >= 0.3 is 6.85 Å². The van der Waals surface area contributed by atoms with Gasteiger partial charge in [0.05, 0.1) is 11.4 Å². The second-order valence-electron chi connectivity index (χ2n) is 22.7. The van der Waals surface area contributed by atoms with E-state index in [9.17, 15) is 0 Å². The molecule has 0 aliphatic carbocycles. The predicted octanol–water partition coefficient (Wildman–Crippen LogP) is 15.6. The van der Waals surface area contributed by atoms with Crippen molar-refractivity contribution >= 4 is 84.9 Å². The smallest absolute Gasteiger partial charge is 0.375 e. The van der Waals surface area contributed by atoms with Crippen LogP contribution in [0.15, 0.2) is 150 Å². The molecule has 0 spiro atoms. The van der Waals surface area contributed by atoms with Crippen LogP contribution in [0.5, 0.6) is 0 Å². The molecule has 9 aromatic rings. The zero-order valence-corrected chi connectivity index (χ0v) is 40.2. The summed E-state index contributed by atoms with van der Waals surface area (Å²) in [5, 5.41) is 3.64. The fourth-order valence-corrected chi connectivity index (χ4v) is 10.5. The average molecular weight is 850 g/mol. The monoisotopic (exact) mass is 849 g/mol. The number of para-hydroxylation sites is 2. The quantitative estimate of drug-likeness (QED) is 0.165. The predicted molar refractivity (Wildman–Crippen MR) is 279 cm³/mol. The van der Waals surface area contributed by atoms with Crippen molar-refractivity contribution < 1.29 is 4.42 Å². The van der Waals surface area contributed by atoms with Crippen LogP contribution >= 0.6 is 0 Å². The van der Waals surface area contributed by atoms with E-state index < -0.39 is 0 Å². The van der Waals surface area contributed by atoms with Crippen LogP contribution in [0.25, 0.3) is 43.9 Å². The summed E-state index contributed by atoms with van der Waals surface area (Å²) >= 11 is 0. The minimum atomic E-state index is -0.232. The normalized spacial score (nSPS) is 13.8. The van der Waals surface area contributed by atoms with Gasteiger partial charge in [0.2, 0.25) is 0 Å². The molecule has 7 aromatic carbocycles. The molecule has 0 saturated heterocycles. The Balaban J connectivity index is 1.32. The van der Waals surface area contributed by atoms with E-state index >= 15 is 0 Å². The van der Waals surface area contributed by atoms with Crippen molar-refractivity contribution in [1.29, 1.82) is 0 Å². The summed E-state index contributed by atoms with van der Waals surface area (Å²) in [6.45, 7) is 27.6. The van der Waals surface area contributed by atoms with Crippen molar-refractivity contribution in [2.24, 2.45) is 0 Å². The van der Waals surface area contributed by atoms with E-state index in [0.29, 0.717) is 0 Å². The molecule has 4 heterocycles. The van der Waals surface area contributed by atoms with Crippen LogP contribution in [0.2, 0.25) is 0 Å². The van der Waals surface area contributed by atoms with E-state index in [1.807, 2.05) is 0 Å². The Morgan fingerprint density at radius 2 is 1.05 bits per heavy atom. The van der Waals surface area contributed by atoms with E-state index in [2.05, 4.69) is 243 Å². The van der Waals surface area contributed by atoms with Gasteiger partial charge in [-0.15, -0.1) is 0 Å². The minimum absolute atomic E-state index is 0.0266. The van der Waals surface area contributed by atoms with Gasteiger partial charge in [-0.05, 0) is 128 Å². The maximum absolute atomic E-state index is 7.42. The molecule has 324 valence electrons. The third-order valence-corrected chi connectivity index (χ3v) is 14.2. The Bertz CT molecular complexity index is 3310. The lowest BCUT2D eigenvalue weighted by atomic mass is 9.47. The summed E-state index contributed by atoms with van der Waals surface area (Å²) in [7, 11) is 0. The molecule has 65 heavy (non-hydrogen) atoms. The van der Waals surface area contributed by atoms with Crippen LogP contribution in [-0.2, 0) is 21.7 Å². The molecular weight excluding hydrogens is 789 g/mol. The Labute approximate surface area is 385 Å². The highest BCUT2D eigenvalue weighted by Gasteiger charge is 2.47. The highest BCUT2D eigenvalue weighted by Crippen LogP contribution is 2.52. The average Bonchev–Trinajstić information content (AvgIpc) is 3.81. The second kappa shape index (κ2) is 14.0. The van der Waals surface area contributed by atoms with Gasteiger partial charge in [0.25, 0.3) is 0 Å². The van der Waals surface area contributed by atoms with Gasteiger partial charge in [-0.3, -0.25) is 0 Å². The summed E-state index contributed by atoms with van der Waals surface area (Å²) in [5.74, 6) is 0. The van der Waals surface area contributed by atoms with Gasteiger partial charge in [0.15, 0.2) is 0 Å². The van der Waals surface area contributed by atoms with E-state index in [4.69, 9.17) is 4.42 Å². The molecule has 0 amide bonds. The van der Waals surface area contributed by atoms with Crippen LogP contribution in [-0.4, -0.2) is 11.3 Å². The zero-order chi connectivity index (χ0) is 45.5. The second-order valence-corrected chi connectivity index (χ2v) is 22.7. The number of nitrogens with zero attached hydrogens (tertiary/aromatic N) is 3. The molecule has 0 N–H and O–H groups in total. The molecule has 5 heteroatoms. The third-order valence-electron chi connectivity index (χ3n) is 14.2. The van der Waals surface area contributed by atoms with Crippen molar-refractivity contribution in [3.63, 3.8) is 0 Å². The number of aromatic nitrogens is 1. The Morgan fingerprint density at radius 3 is 1.63 bits per heavy atom. The van der Waals surface area contributed by atoms with Crippen LogP contribution < -0.4 is 20.9 Å². The maximum Gasteiger partial charge on any atom is 0.375 e. The molecule has 0 atom stereocenters. The molecule has 2 aliphatic rings. The van der Waals surface area contributed by atoms with Gasteiger partial charge in [-0.2, -0.15) is 0 Å². The molecular formula is C60H60BN3O. The van der Waals surface area contributed by atoms with Gasteiger partial charge < -0.3 is 18.7 Å². The first kappa shape index (κ1) is 41.3. The van der Waals surface area contributed by atoms with Gasteiger partial charge in [0, 0.05) is 55.5 Å². The first-order valence-corrected chi connectivity index (χ1v) is 23.5. The van der Waals surface area contributed by atoms with Gasteiger partial charge in [-0.1, -0.05) is 156 Å². The summed E-state index contributed by atoms with van der Waals surface area (Å²) < 4.78 is 10.1. The number of rotatable bonds is 4. The van der Waals surface area contributed by atoms with E-state index in [-0.39, 0.29) is 28.5 Å². The van der Waals surface area contributed by atoms with Crippen molar-refractivity contribution in [3.8, 4) is 11.1 Å². The van der Waals surface area contributed by atoms with Crippen LogP contribution in [0.3, 0.4) is 0 Å². The minimum Gasteiger partial charge on any atom is -0.466 e. The van der Waals surface area contributed by atoms with E-state index in [1.165, 1.54) is 66.3 Å². The van der Waals surface area contributed by atoms with Gasteiger partial charge in [0.1, 0.15) is 11.2 Å². The Morgan fingerprint density at radius 1 is 0.492 bits per heavy atom. The summed E-state index contributed by atoms with van der Waals surface area (Å²) in [5.41, 5.74) is 20.0. The largest absolute Gasteiger partial charge is 0.466 e. The lowest BCUT2D eigenvalue weighted by Gasteiger charge is -2.40. The van der Waals surface area contributed by atoms with Crippen LogP contribution in [0.1, 0.15) is 105 Å². The molecule has 0 fully saturated rings. The zero-order valence-electron chi connectivity index (χ0n) is 40.2. The molecule has 4 nitrogen and oxygen atoms in total. The van der Waals surface area contributed by atoms with Crippen LogP contribution in [0, 0.1) is 0 Å². The fourth-order valence-electron chi connectivity index (χ4n) is 10.5. The topological polar surface area (TPSA) is 24.6 Å². The number of furan rings is 1. The molecule has 2 aromatic heterocycles. The summed E-state index contributed by atoms with van der Waals surface area (Å²) in [4.78, 5) is 4.99. The first-order chi connectivity index (χ1) is 30.8. The number of anilines is 6. The molecule has 11 rings (SSSR count). The lowest BCUT2D eigenvalue weighted by Crippen LogP contribution is -2.56. The van der Waals surface area contributed by atoms with E-state index in [1.54, 1.807) is 0 Å². The molecule has 0 saturated carbocycles. The van der Waals surface area contributed by atoms with Crippen molar-refractivity contribution in [3.05, 3.63) is 168 Å². The highest BCUT2D eigenvalue weighted by atomic mass is 16.3. The first-order valence-electron chi connectivity index (χ1n) is 23.5. The molecule has 2 aliphatic heterocycles. The van der Waals surface area contributed by atoms with Crippen molar-refractivity contribution in [2.75, 3.05) is 9.80 Å². The summed E-state index contributed by atoms with van der Waals surface area (Å²) in [6, 6.07) is 54.9. The van der Waals surface area contributed by atoms with Crippen molar-refractivity contribution in [1.82, 2.24) is 4.48 Å². The number of benzene rings is 7. The van der Waals surface area contributed by atoms with E-state index in [0.717, 1.165) is 45.1 Å². The highest BCUT2D eigenvalue weighted by molar-refractivity contribution is 6.89.